The lowest BCUT2D eigenvalue weighted by molar-refractivity contribution is -0.117. The van der Waals surface area contributed by atoms with Gasteiger partial charge < -0.3 is 10.2 Å². The Bertz CT molecular complexity index is 613. The standard InChI is InChI=1S/C13H17N3O3S/c17-13(14-10-4-1-2-5-10)11-6-3-7-16-8-9-20(18,19)15-12(11)16/h3,6-7,10H,1-2,4-5,8-9H2,(H,14,17). The van der Waals surface area contributed by atoms with Crippen LogP contribution in [0.15, 0.2) is 28.3 Å². The van der Waals surface area contributed by atoms with Gasteiger partial charge in [-0.15, -0.1) is 4.40 Å². The largest absolute Gasteiger partial charge is 0.349 e. The van der Waals surface area contributed by atoms with Gasteiger partial charge in [0.2, 0.25) is 0 Å². The minimum absolute atomic E-state index is 0.0155. The van der Waals surface area contributed by atoms with Crippen molar-refractivity contribution in [1.82, 2.24) is 10.2 Å². The molecule has 3 rings (SSSR count). The molecule has 0 atom stereocenters. The Hall–Kier alpha value is -1.63. The molecule has 108 valence electrons. The number of rotatable bonds is 2. The van der Waals surface area contributed by atoms with Gasteiger partial charge in [-0.1, -0.05) is 12.8 Å². The Labute approximate surface area is 118 Å². The number of allylic oxidation sites excluding steroid dienone is 2. The number of hydrogen-bond donors (Lipinski definition) is 1. The third-order valence-corrected chi connectivity index (χ3v) is 4.94. The van der Waals surface area contributed by atoms with E-state index in [-0.39, 0.29) is 23.5 Å². The number of fused-ring (bicyclic) bond motifs is 1. The molecule has 0 aromatic heterocycles. The number of amidine groups is 1. The molecular weight excluding hydrogens is 278 g/mol. The molecule has 0 spiro atoms. The van der Waals surface area contributed by atoms with Crippen LogP contribution in [0.5, 0.6) is 0 Å². The zero-order chi connectivity index (χ0) is 14.2. The minimum atomic E-state index is -3.46. The van der Waals surface area contributed by atoms with Gasteiger partial charge in [-0.3, -0.25) is 4.79 Å². The Kier molecular flexibility index (Phi) is 3.37. The highest BCUT2D eigenvalue weighted by Crippen LogP contribution is 2.21. The molecule has 7 heteroatoms. The smallest absolute Gasteiger partial charge is 0.256 e. The van der Waals surface area contributed by atoms with E-state index >= 15 is 0 Å². The number of sulfonamides is 1. The van der Waals surface area contributed by atoms with Gasteiger partial charge in [-0.2, -0.15) is 0 Å². The van der Waals surface area contributed by atoms with Crippen LogP contribution in [0.1, 0.15) is 25.7 Å². The van der Waals surface area contributed by atoms with Crippen molar-refractivity contribution in [1.29, 1.82) is 0 Å². The molecule has 0 bridgehead atoms. The van der Waals surface area contributed by atoms with E-state index < -0.39 is 10.0 Å². The van der Waals surface area contributed by atoms with E-state index in [0.29, 0.717) is 12.1 Å². The first-order chi connectivity index (χ1) is 9.55. The summed E-state index contributed by atoms with van der Waals surface area (Å²) in [6, 6.07) is 0.198. The van der Waals surface area contributed by atoms with Crippen LogP contribution in [-0.2, 0) is 14.8 Å². The second-order valence-corrected chi connectivity index (χ2v) is 7.03. The van der Waals surface area contributed by atoms with Crippen LogP contribution in [-0.4, -0.2) is 43.4 Å². The number of nitrogens with zero attached hydrogens (tertiary/aromatic N) is 2. The van der Waals surface area contributed by atoms with E-state index in [9.17, 15) is 13.2 Å². The third kappa shape index (κ3) is 2.63. The zero-order valence-electron chi connectivity index (χ0n) is 11.1. The second kappa shape index (κ2) is 5.05. The average Bonchev–Trinajstić information content (AvgIpc) is 2.89. The molecule has 0 aromatic carbocycles. The Morgan fingerprint density at radius 2 is 2.10 bits per heavy atom. The SMILES string of the molecule is O=C(NC1CCCC1)C1=CC=CN2CCS(=O)(=O)N=C12. The van der Waals surface area contributed by atoms with Gasteiger partial charge in [0.1, 0.15) is 0 Å². The molecule has 0 aromatic rings. The molecule has 0 radical (unpaired) electrons. The minimum Gasteiger partial charge on any atom is -0.349 e. The maximum Gasteiger partial charge on any atom is 0.256 e. The van der Waals surface area contributed by atoms with E-state index in [4.69, 9.17) is 0 Å². The van der Waals surface area contributed by atoms with Crippen molar-refractivity contribution in [3.63, 3.8) is 0 Å². The summed E-state index contributed by atoms with van der Waals surface area (Å²) >= 11 is 0. The van der Waals surface area contributed by atoms with Gasteiger partial charge in [-0.25, -0.2) is 8.42 Å². The maximum absolute atomic E-state index is 12.3. The number of carbonyl (C=O) groups is 1. The van der Waals surface area contributed by atoms with E-state index in [1.54, 1.807) is 23.3 Å². The molecule has 1 saturated carbocycles. The Morgan fingerprint density at radius 3 is 2.85 bits per heavy atom. The molecule has 20 heavy (non-hydrogen) atoms. The number of carbonyl (C=O) groups excluding carboxylic acids is 1. The monoisotopic (exact) mass is 295 g/mol. The summed E-state index contributed by atoms with van der Waals surface area (Å²) in [5, 5.41) is 2.97. The maximum atomic E-state index is 12.3. The molecule has 1 amide bonds. The van der Waals surface area contributed by atoms with Gasteiger partial charge in [-0.05, 0) is 25.0 Å². The highest BCUT2D eigenvalue weighted by Gasteiger charge is 2.30. The normalized spacial score (nSPS) is 24.9. The molecule has 6 nitrogen and oxygen atoms in total. The van der Waals surface area contributed by atoms with Gasteiger partial charge >= 0.3 is 0 Å². The molecule has 2 aliphatic heterocycles. The first kappa shape index (κ1) is 13.4. The lowest BCUT2D eigenvalue weighted by Crippen LogP contribution is -2.44. The van der Waals surface area contributed by atoms with Crippen LogP contribution in [0.3, 0.4) is 0 Å². The van der Waals surface area contributed by atoms with E-state index in [2.05, 4.69) is 9.71 Å². The predicted molar refractivity (Wildman–Crippen MR) is 75.5 cm³/mol. The Morgan fingerprint density at radius 1 is 1.35 bits per heavy atom. The number of amides is 1. The van der Waals surface area contributed by atoms with Crippen molar-refractivity contribution >= 4 is 21.8 Å². The Balaban J connectivity index is 1.84. The molecule has 0 saturated heterocycles. The highest BCUT2D eigenvalue weighted by molar-refractivity contribution is 7.90. The molecule has 2 heterocycles. The fraction of sp³-hybridized carbons (Fsp3) is 0.538. The third-order valence-electron chi connectivity index (χ3n) is 3.79. The van der Waals surface area contributed by atoms with Gasteiger partial charge in [0.15, 0.2) is 5.84 Å². The van der Waals surface area contributed by atoms with Crippen molar-refractivity contribution in [2.45, 2.75) is 31.7 Å². The van der Waals surface area contributed by atoms with Crippen LogP contribution in [0.4, 0.5) is 0 Å². The number of hydrogen-bond acceptors (Lipinski definition) is 4. The molecule has 1 N–H and O–H groups in total. The van der Waals surface area contributed by atoms with E-state index in [1.165, 1.54) is 0 Å². The summed E-state index contributed by atoms with van der Waals surface area (Å²) in [6.45, 7) is 0.339. The van der Waals surface area contributed by atoms with Crippen molar-refractivity contribution in [2.24, 2.45) is 4.40 Å². The molecule has 3 aliphatic rings. The fourth-order valence-electron chi connectivity index (χ4n) is 2.73. The van der Waals surface area contributed by atoms with Crippen molar-refractivity contribution in [2.75, 3.05) is 12.3 Å². The fourth-order valence-corrected chi connectivity index (χ4v) is 3.71. The van der Waals surface area contributed by atoms with Crippen LogP contribution in [0.25, 0.3) is 0 Å². The van der Waals surface area contributed by atoms with Crippen LogP contribution in [0, 0.1) is 0 Å². The quantitative estimate of drug-likeness (QED) is 0.806. The van der Waals surface area contributed by atoms with Crippen LogP contribution < -0.4 is 5.32 Å². The summed E-state index contributed by atoms with van der Waals surface area (Å²) in [6.07, 6.45) is 9.37. The summed E-state index contributed by atoms with van der Waals surface area (Å²) in [7, 11) is -3.46. The first-order valence-corrected chi connectivity index (χ1v) is 8.45. The van der Waals surface area contributed by atoms with Crippen molar-refractivity contribution in [3.05, 3.63) is 23.9 Å². The summed E-state index contributed by atoms with van der Waals surface area (Å²) in [4.78, 5) is 14.0. The van der Waals surface area contributed by atoms with Crippen molar-refractivity contribution < 1.29 is 13.2 Å². The van der Waals surface area contributed by atoms with Gasteiger partial charge in [0, 0.05) is 18.8 Å². The molecular formula is C13H17N3O3S. The second-order valence-electron chi connectivity index (χ2n) is 5.27. The van der Waals surface area contributed by atoms with Gasteiger partial charge in [0.25, 0.3) is 15.9 Å². The zero-order valence-corrected chi connectivity index (χ0v) is 11.9. The van der Waals surface area contributed by atoms with Crippen LogP contribution >= 0.6 is 0 Å². The van der Waals surface area contributed by atoms with Gasteiger partial charge in [0.05, 0.1) is 11.3 Å². The number of nitrogens with one attached hydrogen (secondary N) is 1. The van der Waals surface area contributed by atoms with Crippen LogP contribution in [0.2, 0.25) is 0 Å². The van der Waals surface area contributed by atoms with Crippen molar-refractivity contribution in [3.8, 4) is 0 Å². The van der Waals surface area contributed by atoms with E-state index in [0.717, 1.165) is 25.7 Å². The lowest BCUT2D eigenvalue weighted by atomic mass is 10.1. The molecule has 1 fully saturated rings. The average molecular weight is 295 g/mol. The summed E-state index contributed by atoms with van der Waals surface area (Å²) in [5.74, 6) is -0.00501. The summed E-state index contributed by atoms with van der Waals surface area (Å²) < 4.78 is 27.0. The molecule has 0 unspecified atom stereocenters. The van der Waals surface area contributed by atoms with E-state index in [1.807, 2.05) is 0 Å². The predicted octanol–water partition coefficient (Wildman–Crippen LogP) is 0.543. The highest BCUT2D eigenvalue weighted by atomic mass is 32.2. The summed E-state index contributed by atoms with van der Waals surface area (Å²) in [5.41, 5.74) is 0.336. The molecule has 1 aliphatic carbocycles. The first-order valence-electron chi connectivity index (χ1n) is 6.84. The topological polar surface area (TPSA) is 78.8 Å². The lowest BCUT2D eigenvalue weighted by Gasteiger charge is -2.29.